The summed E-state index contributed by atoms with van der Waals surface area (Å²) in [7, 11) is 0. The first-order valence-electron chi connectivity index (χ1n) is 8.02. The molecule has 2 N–H and O–H groups in total. The Bertz CT molecular complexity index is 993. The van der Waals surface area contributed by atoms with Gasteiger partial charge in [-0.2, -0.15) is 0 Å². The number of ether oxygens (including phenoxy) is 1. The van der Waals surface area contributed by atoms with Crippen LogP contribution < -0.4 is 5.56 Å². The zero-order valence-corrected chi connectivity index (χ0v) is 13.7. The Kier molecular flexibility index (Phi) is 3.81. The second-order valence-electron chi connectivity index (χ2n) is 6.02. The number of fused-ring (bicyclic) bond motifs is 1. The molecule has 0 unspecified atom stereocenters. The van der Waals surface area contributed by atoms with Gasteiger partial charge in [0.1, 0.15) is 11.9 Å². The molecule has 2 aromatic heterocycles. The van der Waals surface area contributed by atoms with E-state index >= 15 is 0 Å². The minimum atomic E-state index is -0.443. The highest BCUT2D eigenvalue weighted by atomic mass is 16.5. The van der Waals surface area contributed by atoms with Gasteiger partial charge in [-0.05, 0) is 25.1 Å². The maximum absolute atomic E-state index is 12.8. The molecular formula is C17H17N5O3. The summed E-state index contributed by atoms with van der Waals surface area (Å²) in [6.45, 7) is 2.98. The van der Waals surface area contributed by atoms with Crippen molar-refractivity contribution in [3.8, 4) is 0 Å². The zero-order chi connectivity index (χ0) is 17.4. The van der Waals surface area contributed by atoms with Crippen LogP contribution in [0.3, 0.4) is 0 Å². The van der Waals surface area contributed by atoms with Gasteiger partial charge in [0.15, 0.2) is 0 Å². The third-order valence-electron chi connectivity index (χ3n) is 4.21. The molecule has 0 saturated carbocycles. The van der Waals surface area contributed by atoms with Gasteiger partial charge in [0.05, 0.1) is 30.5 Å². The van der Waals surface area contributed by atoms with Gasteiger partial charge in [0.25, 0.3) is 11.5 Å². The first-order chi connectivity index (χ1) is 12.1. The largest absolute Gasteiger partial charge is 0.367 e. The van der Waals surface area contributed by atoms with Gasteiger partial charge in [-0.1, -0.05) is 0 Å². The van der Waals surface area contributed by atoms with Crippen LogP contribution in [0.5, 0.6) is 0 Å². The van der Waals surface area contributed by atoms with Crippen molar-refractivity contribution in [2.24, 2.45) is 0 Å². The molecule has 0 aliphatic carbocycles. The predicted molar refractivity (Wildman–Crippen MR) is 90.3 cm³/mol. The summed E-state index contributed by atoms with van der Waals surface area (Å²) in [6, 6.07) is 6.80. The Morgan fingerprint density at radius 3 is 3.08 bits per heavy atom. The number of amides is 1. The number of carbonyl (C=O) groups is 1. The van der Waals surface area contributed by atoms with Crippen LogP contribution in [0, 0.1) is 6.92 Å². The molecule has 128 valence electrons. The van der Waals surface area contributed by atoms with E-state index in [1.54, 1.807) is 30.3 Å². The number of rotatable bonds is 2. The van der Waals surface area contributed by atoms with E-state index in [2.05, 4.69) is 19.9 Å². The highest BCUT2D eigenvalue weighted by Crippen LogP contribution is 2.21. The van der Waals surface area contributed by atoms with E-state index in [1.807, 2.05) is 6.07 Å². The minimum Gasteiger partial charge on any atom is -0.367 e. The molecule has 0 spiro atoms. The predicted octanol–water partition coefficient (Wildman–Crippen LogP) is 1.17. The van der Waals surface area contributed by atoms with E-state index < -0.39 is 6.10 Å². The van der Waals surface area contributed by atoms with E-state index in [-0.39, 0.29) is 11.5 Å². The molecule has 8 nitrogen and oxygen atoms in total. The van der Waals surface area contributed by atoms with Crippen LogP contribution in [-0.2, 0) is 4.74 Å². The van der Waals surface area contributed by atoms with E-state index in [0.717, 1.165) is 11.0 Å². The molecule has 1 aromatic carbocycles. The fourth-order valence-corrected chi connectivity index (χ4v) is 3.01. The monoisotopic (exact) mass is 339 g/mol. The van der Waals surface area contributed by atoms with Gasteiger partial charge >= 0.3 is 0 Å². The average molecular weight is 339 g/mol. The smallest absolute Gasteiger partial charge is 0.254 e. The first kappa shape index (κ1) is 15.5. The lowest BCUT2D eigenvalue weighted by atomic mass is 10.1. The number of aromatic amines is 2. The summed E-state index contributed by atoms with van der Waals surface area (Å²) in [5.74, 6) is 0.367. The van der Waals surface area contributed by atoms with Crippen molar-refractivity contribution >= 4 is 16.9 Å². The molecule has 1 amide bonds. The third-order valence-corrected chi connectivity index (χ3v) is 4.21. The maximum Gasteiger partial charge on any atom is 0.254 e. The number of nitrogens with one attached hydrogen (secondary N) is 2. The number of H-pyrrole nitrogens is 2. The van der Waals surface area contributed by atoms with Gasteiger partial charge in [-0.15, -0.1) is 0 Å². The van der Waals surface area contributed by atoms with Crippen molar-refractivity contribution in [2.45, 2.75) is 13.0 Å². The van der Waals surface area contributed by atoms with Crippen LogP contribution in [0.2, 0.25) is 0 Å². The summed E-state index contributed by atoms with van der Waals surface area (Å²) in [5, 5.41) is 0. The quantitative estimate of drug-likeness (QED) is 0.729. The summed E-state index contributed by atoms with van der Waals surface area (Å²) in [4.78, 5) is 40.4. The zero-order valence-electron chi connectivity index (χ0n) is 13.7. The van der Waals surface area contributed by atoms with E-state index in [0.29, 0.717) is 36.8 Å². The number of carbonyl (C=O) groups excluding carboxylic acids is 1. The highest BCUT2D eigenvalue weighted by Gasteiger charge is 2.28. The number of hydrogen-bond donors (Lipinski definition) is 2. The number of morpholine rings is 1. The molecule has 25 heavy (non-hydrogen) atoms. The first-order valence-corrected chi connectivity index (χ1v) is 8.02. The maximum atomic E-state index is 12.8. The normalized spacial score (nSPS) is 17.8. The second kappa shape index (κ2) is 6.14. The van der Waals surface area contributed by atoms with Crippen LogP contribution in [0.25, 0.3) is 11.0 Å². The Morgan fingerprint density at radius 2 is 2.24 bits per heavy atom. The molecule has 3 heterocycles. The van der Waals surface area contributed by atoms with Gasteiger partial charge < -0.3 is 19.6 Å². The lowest BCUT2D eigenvalue weighted by Gasteiger charge is -2.32. The topological polar surface area (TPSA) is 104 Å². The molecule has 1 saturated heterocycles. The van der Waals surface area contributed by atoms with E-state index in [9.17, 15) is 9.59 Å². The summed E-state index contributed by atoms with van der Waals surface area (Å²) in [6.07, 6.45) is 1.16. The number of aromatic nitrogens is 4. The van der Waals surface area contributed by atoms with Crippen molar-refractivity contribution in [3.63, 3.8) is 0 Å². The van der Waals surface area contributed by atoms with Gasteiger partial charge in [0.2, 0.25) is 0 Å². The summed E-state index contributed by atoms with van der Waals surface area (Å²) < 4.78 is 5.71. The van der Waals surface area contributed by atoms with Gasteiger partial charge in [-0.25, -0.2) is 9.97 Å². The Labute approximate surface area is 142 Å². The summed E-state index contributed by atoms with van der Waals surface area (Å²) >= 11 is 0. The van der Waals surface area contributed by atoms with Crippen molar-refractivity contribution in [2.75, 3.05) is 19.7 Å². The highest BCUT2D eigenvalue weighted by molar-refractivity contribution is 5.97. The molecular weight excluding hydrogens is 322 g/mol. The lowest BCUT2D eigenvalue weighted by molar-refractivity contribution is -0.0269. The molecule has 1 aliphatic rings. The fourth-order valence-electron chi connectivity index (χ4n) is 3.01. The number of nitrogens with zero attached hydrogens (tertiary/aromatic N) is 3. The van der Waals surface area contributed by atoms with Crippen molar-refractivity contribution in [1.29, 1.82) is 0 Å². The van der Waals surface area contributed by atoms with Crippen molar-refractivity contribution < 1.29 is 9.53 Å². The van der Waals surface area contributed by atoms with E-state index in [4.69, 9.17) is 4.74 Å². The van der Waals surface area contributed by atoms with Crippen LogP contribution in [0.4, 0.5) is 0 Å². The number of imidazole rings is 1. The molecule has 0 radical (unpaired) electrons. The van der Waals surface area contributed by atoms with Crippen molar-refractivity contribution in [3.05, 3.63) is 58.0 Å². The lowest BCUT2D eigenvalue weighted by Crippen LogP contribution is -2.43. The van der Waals surface area contributed by atoms with Crippen LogP contribution in [0.15, 0.2) is 35.4 Å². The molecule has 1 aliphatic heterocycles. The number of benzene rings is 1. The fraction of sp³-hybridized carbons (Fsp3) is 0.294. The van der Waals surface area contributed by atoms with E-state index in [1.165, 1.54) is 6.07 Å². The van der Waals surface area contributed by atoms with Crippen LogP contribution in [0.1, 0.15) is 28.0 Å². The van der Waals surface area contributed by atoms with Gasteiger partial charge in [-0.3, -0.25) is 9.59 Å². The van der Waals surface area contributed by atoms with Gasteiger partial charge in [0, 0.05) is 23.9 Å². The Hall–Kier alpha value is -3.00. The van der Waals surface area contributed by atoms with Crippen molar-refractivity contribution in [1.82, 2.24) is 24.8 Å². The molecule has 1 fully saturated rings. The molecule has 0 bridgehead atoms. The second-order valence-corrected chi connectivity index (χ2v) is 6.02. The minimum absolute atomic E-state index is 0.0835. The SMILES string of the molecule is Cc1cc(=O)[nH]c([C@@H]2CN(C(=O)c3ccc4nc[nH]c4c3)CCO2)n1. The molecule has 1 atom stereocenters. The average Bonchev–Trinajstić information content (AvgIpc) is 3.08. The Balaban J connectivity index is 1.57. The molecule has 8 heteroatoms. The van der Waals surface area contributed by atoms with Crippen LogP contribution >= 0.6 is 0 Å². The molecule has 4 rings (SSSR count). The number of hydrogen-bond acceptors (Lipinski definition) is 5. The standard InChI is InChI=1S/C17H17N5O3/c1-10-6-15(23)21-16(20-10)14-8-22(4-5-25-14)17(24)11-2-3-12-13(7-11)19-9-18-12/h2-3,6-7,9,14H,4-5,8H2,1H3,(H,18,19)(H,20,21,23)/t14-/m0/s1. The Morgan fingerprint density at radius 1 is 1.36 bits per heavy atom. The number of aryl methyl sites for hydroxylation is 1. The summed E-state index contributed by atoms with van der Waals surface area (Å²) in [5.41, 5.74) is 2.62. The molecule has 3 aromatic rings. The van der Waals surface area contributed by atoms with Crippen LogP contribution in [-0.4, -0.2) is 50.4 Å². The third kappa shape index (κ3) is 3.03.